The Labute approximate surface area is 85.3 Å². The van der Waals surface area contributed by atoms with Crippen LogP contribution in [0, 0.1) is 0 Å². The van der Waals surface area contributed by atoms with Crippen LogP contribution in [-0.2, 0) is 11.7 Å². The molecule has 1 saturated carbocycles. The lowest BCUT2D eigenvalue weighted by molar-refractivity contribution is -0.139. The number of aromatic nitrogens is 1. The Morgan fingerprint density at radius 1 is 1.33 bits per heavy atom. The molecular weight excluding hydrogens is 205 g/mol. The van der Waals surface area contributed by atoms with Crippen LogP contribution in [0.2, 0.25) is 0 Å². The summed E-state index contributed by atoms with van der Waals surface area (Å²) in [5, 5.41) is 0. The molecule has 5 heteroatoms. The third-order valence-corrected chi connectivity index (χ3v) is 2.91. The first-order valence-corrected chi connectivity index (χ1v) is 4.74. The van der Waals surface area contributed by atoms with Crippen molar-refractivity contribution < 1.29 is 13.2 Å². The molecule has 1 fully saturated rings. The minimum Gasteiger partial charge on any atom is -0.321 e. The van der Waals surface area contributed by atoms with Crippen molar-refractivity contribution in [2.24, 2.45) is 5.73 Å². The van der Waals surface area contributed by atoms with Crippen molar-refractivity contribution in [1.82, 2.24) is 4.98 Å². The highest BCUT2D eigenvalue weighted by atomic mass is 19.4. The van der Waals surface area contributed by atoms with Gasteiger partial charge in [-0.2, -0.15) is 13.2 Å². The topological polar surface area (TPSA) is 38.9 Å². The molecule has 0 unspecified atom stereocenters. The Hall–Kier alpha value is -1.10. The largest absolute Gasteiger partial charge is 0.418 e. The SMILES string of the molecule is NC1(c2ccncc2C(F)(F)F)CCC1. The molecule has 1 aromatic rings. The number of halogens is 3. The van der Waals surface area contributed by atoms with Crippen LogP contribution in [0.3, 0.4) is 0 Å². The summed E-state index contributed by atoms with van der Waals surface area (Å²) in [7, 11) is 0. The van der Waals surface area contributed by atoms with E-state index in [1.165, 1.54) is 12.3 Å². The van der Waals surface area contributed by atoms with Gasteiger partial charge in [0.25, 0.3) is 0 Å². The van der Waals surface area contributed by atoms with Gasteiger partial charge in [0.1, 0.15) is 0 Å². The van der Waals surface area contributed by atoms with Gasteiger partial charge in [0.2, 0.25) is 0 Å². The number of pyridine rings is 1. The van der Waals surface area contributed by atoms with Crippen LogP contribution in [-0.4, -0.2) is 4.98 Å². The normalized spacial score (nSPS) is 19.7. The highest BCUT2D eigenvalue weighted by Gasteiger charge is 2.42. The van der Waals surface area contributed by atoms with E-state index in [4.69, 9.17) is 5.73 Å². The van der Waals surface area contributed by atoms with E-state index in [-0.39, 0.29) is 5.56 Å². The number of alkyl halides is 3. The van der Waals surface area contributed by atoms with E-state index in [9.17, 15) is 13.2 Å². The Morgan fingerprint density at radius 3 is 2.47 bits per heavy atom. The lowest BCUT2D eigenvalue weighted by atomic mass is 9.71. The van der Waals surface area contributed by atoms with Gasteiger partial charge in [-0.1, -0.05) is 0 Å². The standard InChI is InChI=1S/C10H11F3N2/c11-10(12,13)8-6-15-5-2-7(8)9(14)3-1-4-9/h2,5-6H,1,3-4,14H2. The minimum atomic E-state index is -4.37. The summed E-state index contributed by atoms with van der Waals surface area (Å²) in [4.78, 5) is 3.51. The van der Waals surface area contributed by atoms with Gasteiger partial charge in [-0.3, -0.25) is 4.98 Å². The summed E-state index contributed by atoms with van der Waals surface area (Å²) in [6.07, 6.45) is -0.0539. The lowest BCUT2D eigenvalue weighted by Crippen LogP contribution is -2.44. The molecule has 1 aliphatic rings. The monoisotopic (exact) mass is 216 g/mol. The molecule has 1 heterocycles. The predicted octanol–water partition coefficient (Wildman–Crippen LogP) is 2.44. The van der Waals surface area contributed by atoms with Crippen LogP contribution in [0.1, 0.15) is 30.4 Å². The molecular formula is C10H11F3N2. The zero-order valence-corrected chi connectivity index (χ0v) is 8.01. The van der Waals surface area contributed by atoms with Gasteiger partial charge in [0.15, 0.2) is 0 Å². The first-order valence-electron chi connectivity index (χ1n) is 4.74. The molecule has 82 valence electrons. The summed E-state index contributed by atoms with van der Waals surface area (Å²) in [5.74, 6) is 0. The second kappa shape index (κ2) is 3.20. The molecule has 0 amide bonds. The predicted molar refractivity (Wildman–Crippen MR) is 49.0 cm³/mol. The summed E-state index contributed by atoms with van der Waals surface area (Å²) in [6, 6.07) is 1.38. The molecule has 15 heavy (non-hydrogen) atoms. The maximum absolute atomic E-state index is 12.6. The van der Waals surface area contributed by atoms with Crippen molar-refractivity contribution in [3.63, 3.8) is 0 Å². The third kappa shape index (κ3) is 1.71. The zero-order chi connectivity index (χ0) is 11.1. The summed E-state index contributed by atoms with van der Waals surface area (Å²) < 4.78 is 37.9. The van der Waals surface area contributed by atoms with Crippen molar-refractivity contribution in [2.75, 3.05) is 0 Å². The lowest BCUT2D eigenvalue weighted by Gasteiger charge is -2.39. The first kappa shape index (κ1) is 10.4. The minimum absolute atomic E-state index is 0.177. The van der Waals surface area contributed by atoms with Crippen LogP contribution in [0.4, 0.5) is 13.2 Å². The van der Waals surface area contributed by atoms with Crippen LogP contribution >= 0.6 is 0 Å². The molecule has 2 nitrogen and oxygen atoms in total. The maximum Gasteiger partial charge on any atom is 0.418 e. The molecule has 1 aromatic heterocycles. The fourth-order valence-electron chi connectivity index (χ4n) is 1.88. The first-order chi connectivity index (χ1) is 6.93. The van der Waals surface area contributed by atoms with Gasteiger partial charge >= 0.3 is 6.18 Å². The number of hydrogen-bond acceptors (Lipinski definition) is 2. The van der Waals surface area contributed by atoms with Crippen LogP contribution in [0.25, 0.3) is 0 Å². The van der Waals surface area contributed by atoms with Gasteiger partial charge in [0, 0.05) is 17.9 Å². The Balaban J connectivity index is 2.47. The average molecular weight is 216 g/mol. The highest BCUT2D eigenvalue weighted by molar-refractivity contribution is 5.34. The molecule has 0 atom stereocenters. The fourth-order valence-corrected chi connectivity index (χ4v) is 1.88. The molecule has 2 N–H and O–H groups in total. The number of nitrogens with zero attached hydrogens (tertiary/aromatic N) is 1. The second-order valence-electron chi connectivity index (χ2n) is 3.93. The van der Waals surface area contributed by atoms with E-state index in [2.05, 4.69) is 4.98 Å². The van der Waals surface area contributed by atoms with Crippen molar-refractivity contribution in [1.29, 1.82) is 0 Å². The third-order valence-electron chi connectivity index (χ3n) is 2.91. The molecule has 0 bridgehead atoms. The number of nitrogens with two attached hydrogens (primary N) is 1. The van der Waals surface area contributed by atoms with Crippen molar-refractivity contribution in [2.45, 2.75) is 31.0 Å². The van der Waals surface area contributed by atoms with Gasteiger partial charge in [-0.05, 0) is 30.9 Å². The van der Waals surface area contributed by atoms with E-state index < -0.39 is 17.3 Å². The summed E-state index contributed by atoms with van der Waals surface area (Å²) in [5.41, 5.74) is 4.57. The molecule has 0 radical (unpaired) electrons. The van der Waals surface area contributed by atoms with E-state index in [0.29, 0.717) is 12.8 Å². The van der Waals surface area contributed by atoms with Crippen LogP contribution < -0.4 is 5.73 Å². The van der Waals surface area contributed by atoms with E-state index in [1.54, 1.807) is 0 Å². The zero-order valence-electron chi connectivity index (χ0n) is 8.01. The highest BCUT2D eigenvalue weighted by Crippen LogP contribution is 2.43. The average Bonchev–Trinajstić information content (AvgIpc) is 2.13. The van der Waals surface area contributed by atoms with Crippen LogP contribution in [0.5, 0.6) is 0 Å². The summed E-state index contributed by atoms with van der Waals surface area (Å²) >= 11 is 0. The van der Waals surface area contributed by atoms with Gasteiger partial charge in [-0.25, -0.2) is 0 Å². The molecule has 1 aliphatic carbocycles. The Kier molecular flexibility index (Phi) is 2.22. The molecule has 0 saturated heterocycles. The van der Waals surface area contributed by atoms with Gasteiger partial charge < -0.3 is 5.73 Å². The van der Waals surface area contributed by atoms with Crippen molar-refractivity contribution in [3.8, 4) is 0 Å². The van der Waals surface area contributed by atoms with Gasteiger partial charge in [0.05, 0.1) is 5.56 Å². The Bertz CT molecular complexity index is 369. The fraction of sp³-hybridized carbons (Fsp3) is 0.500. The number of rotatable bonds is 1. The van der Waals surface area contributed by atoms with E-state index in [1.807, 2.05) is 0 Å². The smallest absolute Gasteiger partial charge is 0.321 e. The molecule has 0 aliphatic heterocycles. The Morgan fingerprint density at radius 2 is 2.00 bits per heavy atom. The van der Waals surface area contributed by atoms with E-state index in [0.717, 1.165) is 12.6 Å². The molecule has 2 rings (SSSR count). The molecule has 0 spiro atoms. The van der Waals surface area contributed by atoms with Gasteiger partial charge in [-0.15, -0.1) is 0 Å². The van der Waals surface area contributed by atoms with Crippen molar-refractivity contribution in [3.05, 3.63) is 29.6 Å². The maximum atomic E-state index is 12.6. The van der Waals surface area contributed by atoms with Crippen molar-refractivity contribution >= 4 is 0 Å². The number of hydrogen-bond donors (Lipinski definition) is 1. The quantitative estimate of drug-likeness (QED) is 0.783. The molecule has 0 aromatic carbocycles. The summed E-state index contributed by atoms with van der Waals surface area (Å²) in [6.45, 7) is 0. The van der Waals surface area contributed by atoms with E-state index >= 15 is 0 Å². The second-order valence-corrected chi connectivity index (χ2v) is 3.93. The van der Waals surface area contributed by atoms with Crippen LogP contribution in [0.15, 0.2) is 18.5 Å².